The summed E-state index contributed by atoms with van der Waals surface area (Å²) < 4.78 is 10.2. The molecule has 0 radical (unpaired) electrons. The number of carboxylic acids is 1. The zero-order valence-corrected chi connectivity index (χ0v) is 13.6. The van der Waals surface area contributed by atoms with Gasteiger partial charge in [0.2, 0.25) is 0 Å². The summed E-state index contributed by atoms with van der Waals surface area (Å²) in [5.74, 6) is -1.37. The zero-order valence-electron chi connectivity index (χ0n) is 12.1. The maximum absolute atomic E-state index is 12.0. The number of methoxy groups -OCH3 is 1. The van der Waals surface area contributed by atoms with Gasteiger partial charge in [-0.1, -0.05) is 23.2 Å². The second-order valence-corrected chi connectivity index (χ2v) is 5.42. The van der Waals surface area contributed by atoms with Crippen molar-refractivity contribution in [1.82, 2.24) is 5.32 Å². The molecule has 2 N–H and O–H groups in total. The van der Waals surface area contributed by atoms with Gasteiger partial charge in [-0.05, 0) is 25.1 Å². The standard InChI is InChI=1S/C14H17Cl2NO5/c1-8(22-11-6-9(15)5-10(16)7-11)13(18)17-12(14(19)20)3-4-21-2/h5-8,12H,3-4H2,1-2H3,(H,17,18)(H,19,20). The molecule has 1 aromatic carbocycles. The van der Waals surface area contributed by atoms with Crippen LogP contribution in [-0.4, -0.2) is 42.8 Å². The minimum Gasteiger partial charge on any atom is -0.481 e. The third kappa shape index (κ3) is 6.09. The smallest absolute Gasteiger partial charge is 0.326 e. The quantitative estimate of drug-likeness (QED) is 0.752. The molecule has 2 unspecified atom stereocenters. The summed E-state index contributed by atoms with van der Waals surface area (Å²) >= 11 is 11.7. The summed E-state index contributed by atoms with van der Waals surface area (Å²) in [6.07, 6.45) is -0.744. The van der Waals surface area contributed by atoms with Gasteiger partial charge in [-0.25, -0.2) is 4.79 Å². The van der Waals surface area contributed by atoms with E-state index in [9.17, 15) is 9.59 Å². The lowest BCUT2D eigenvalue weighted by molar-refractivity contribution is -0.143. The van der Waals surface area contributed by atoms with Gasteiger partial charge in [-0.15, -0.1) is 0 Å². The van der Waals surface area contributed by atoms with E-state index < -0.39 is 24.0 Å². The SMILES string of the molecule is COCCC(NC(=O)C(C)Oc1cc(Cl)cc(Cl)c1)C(=O)O. The summed E-state index contributed by atoms with van der Waals surface area (Å²) in [5, 5.41) is 12.2. The summed E-state index contributed by atoms with van der Waals surface area (Å²) in [6, 6.07) is 3.51. The fourth-order valence-corrected chi connectivity index (χ4v) is 2.14. The van der Waals surface area contributed by atoms with Crippen molar-refractivity contribution < 1.29 is 24.2 Å². The van der Waals surface area contributed by atoms with Gasteiger partial charge in [0, 0.05) is 30.2 Å². The van der Waals surface area contributed by atoms with Crippen molar-refractivity contribution in [2.75, 3.05) is 13.7 Å². The molecule has 1 rings (SSSR count). The molecule has 122 valence electrons. The number of carbonyl (C=O) groups excluding carboxylic acids is 1. The summed E-state index contributed by atoms with van der Waals surface area (Å²) in [7, 11) is 1.45. The molecule has 0 heterocycles. The van der Waals surface area contributed by atoms with E-state index in [0.717, 1.165) is 0 Å². The number of nitrogens with one attached hydrogen (secondary N) is 1. The Labute approximate surface area is 138 Å². The van der Waals surface area contributed by atoms with Crippen molar-refractivity contribution in [3.8, 4) is 5.75 Å². The Hall–Kier alpha value is -1.50. The van der Waals surface area contributed by atoms with Crippen molar-refractivity contribution in [3.05, 3.63) is 28.2 Å². The molecule has 2 atom stereocenters. The van der Waals surface area contributed by atoms with Crippen molar-refractivity contribution in [2.24, 2.45) is 0 Å². The fraction of sp³-hybridized carbons (Fsp3) is 0.429. The molecule has 0 spiro atoms. The molecule has 6 nitrogen and oxygen atoms in total. The second-order valence-electron chi connectivity index (χ2n) is 4.55. The number of hydrogen-bond donors (Lipinski definition) is 2. The van der Waals surface area contributed by atoms with Gasteiger partial charge in [0.25, 0.3) is 5.91 Å². The molecular weight excluding hydrogens is 333 g/mol. The van der Waals surface area contributed by atoms with Crippen LogP contribution in [-0.2, 0) is 14.3 Å². The van der Waals surface area contributed by atoms with E-state index in [0.29, 0.717) is 15.8 Å². The first-order valence-corrected chi connectivity index (χ1v) is 7.24. The first kappa shape index (κ1) is 18.5. The third-order valence-electron chi connectivity index (χ3n) is 2.74. The number of hydrogen-bond acceptors (Lipinski definition) is 4. The zero-order chi connectivity index (χ0) is 16.7. The first-order chi connectivity index (χ1) is 10.3. The van der Waals surface area contributed by atoms with Gasteiger partial charge in [0.15, 0.2) is 6.10 Å². The molecule has 0 fully saturated rings. The van der Waals surface area contributed by atoms with Gasteiger partial charge in [0.1, 0.15) is 11.8 Å². The van der Waals surface area contributed by atoms with E-state index in [2.05, 4.69) is 5.32 Å². The van der Waals surface area contributed by atoms with Crippen LogP contribution in [0.15, 0.2) is 18.2 Å². The molecule has 8 heteroatoms. The van der Waals surface area contributed by atoms with Crippen molar-refractivity contribution in [1.29, 1.82) is 0 Å². The van der Waals surface area contributed by atoms with Crippen LogP contribution >= 0.6 is 23.2 Å². The number of halogens is 2. The predicted octanol–water partition coefficient (Wildman–Crippen LogP) is 2.37. The Bertz CT molecular complexity index is 518. The largest absolute Gasteiger partial charge is 0.481 e. The topological polar surface area (TPSA) is 84.9 Å². The number of rotatable bonds is 8. The fourth-order valence-electron chi connectivity index (χ4n) is 1.64. The van der Waals surface area contributed by atoms with Crippen LogP contribution in [0, 0.1) is 0 Å². The van der Waals surface area contributed by atoms with Crippen LogP contribution in [0.4, 0.5) is 0 Å². The maximum atomic E-state index is 12.0. The monoisotopic (exact) mass is 349 g/mol. The highest BCUT2D eigenvalue weighted by Crippen LogP contribution is 2.24. The molecule has 1 aromatic rings. The molecule has 0 bridgehead atoms. The highest BCUT2D eigenvalue weighted by atomic mass is 35.5. The highest BCUT2D eigenvalue weighted by molar-refractivity contribution is 6.34. The summed E-state index contributed by atoms with van der Waals surface area (Å²) in [5.41, 5.74) is 0. The van der Waals surface area contributed by atoms with Crippen molar-refractivity contribution >= 4 is 35.1 Å². The van der Waals surface area contributed by atoms with Crippen LogP contribution < -0.4 is 10.1 Å². The number of carboxylic acid groups (broad SMARTS) is 1. The van der Waals surface area contributed by atoms with Gasteiger partial charge in [-0.3, -0.25) is 4.79 Å². The summed E-state index contributed by atoms with van der Waals surface area (Å²) in [4.78, 5) is 23.1. The number of benzene rings is 1. The van der Waals surface area contributed by atoms with Crippen LogP contribution in [0.1, 0.15) is 13.3 Å². The Kier molecular flexibility index (Phi) is 7.44. The van der Waals surface area contributed by atoms with Crippen LogP contribution in [0.25, 0.3) is 0 Å². The summed E-state index contributed by atoms with van der Waals surface area (Å²) in [6.45, 7) is 1.72. The Balaban J connectivity index is 2.65. The Morgan fingerprint density at radius 3 is 2.36 bits per heavy atom. The molecule has 1 amide bonds. The van der Waals surface area contributed by atoms with E-state index >= 15 is 0 Å². The van der Waals surface area contributed by atoms with Gasteiger partial charge < -0.3 is 19.9 Å². The Morgan fingerprint density at radius 1 is 1.27 bits per heavy atom. The molecule has 0 aromatic heterocycles. The Morgan fingerprint density at radius 2 is 1.86 bits per heavy atom. The second kappa shape index (κ2) is 8.82. The number of ether oxygens (including phenoxy) is 2. The number of aliphatic carboxylic acids is 1. The van der Waals surface area contributed by atoms with Gasteiger partial charge in [0.05, 0.1) is 0 Å². The van der Waals surface area contributed by atoms with Crippen LogP contribution in [0.5, 0.6) is 5.75 Å². The lowest BCUT2D eigenvalue weighted by Gasteiger charge is -2.19. The van der Waals surface area contributed by atoms with Gasteiger partial charge >= 0.3 is 5.97 Å². The first-order valence-electron chi connectivity index (χ1n) is 6.48. The van der Waals surface area contributed by atoms with Crippen LogP contribution in [0.3, 0.4) is 0 Å². The molecular formula is C14H17Cl2NO5. The highest BCUT2D eigenvalue weighted by Gasteiger charge is 2.23. The van der Waals surface area contributed by atoms with E-state index in [-0.39, 0.29) is 13.0 Å². The predicted molar refractivity (Wildman–Crippen MR) is 82.6 cm³/mol. The number of carbonyl (C=O) groups is 2. The van der Waals surface area contributed by atoms with E-state index in [4.69, 9.17) is 37.8 Å². The molecule has 0 aliphatic carbocycles. The molecule has 0 saturated heterocycles. The minimum atomic E-state index is -1.14. The van der Waals surface area contributed by atoms with Crippen molar-refractivity contribution in [3.63, 3.8) is 0 Å². The lowest BCUT2D eigenvalue weighted by atomic mass is 10.2. The minimum absolute atomic E-state index is 0.160. The lowest BCUT2D eigenvalue weighted by Crippen LogP contribution is -2.46. The number of amides is 1. The average molecular weight is 350 g/mol. The average Bonchev–Trinajstić information content (AvgIpc) is 2.41. The van der Waals surface area contributed by atoms with E-state index in [1.807, 2.05) is 0 Å². The normalized spacial score (nSPS) is 13.3. The third-order valence-corrected chi connectivity index (χ3v) is 3.18. The van der Waals surface area contributed by atoms with Gasteiger partial charge in [-0.2, -0.15) is 0 Å². The van der Waals surface area contributed by atoms with Crippen LogP contribution in [0.2, 0.25) is 10.0 Å². The molecule has 22 heavy (non-hydrogen) atoms. The molecule has 0 aliphatic rings. The molecule has 0 aliphatic heterocycles. The molecule has 0 saturated carbocycles. The van der Waals surface area contributed by atoms with E-state index in [1.54, 1.807) is 0 Å². The van der Waals surface area contributed by atoms with Crippen molar-refractivity contribution in [2.45, 2.75) is 25.5 Å². The van der Waals surface area contributed by atoms with E-state index in [1.165, 1.54) is 32.2 Å². The maximum Gasteiger partial charge on any atom is 0.326 e.